The maximum absolute atomic E-state index is 11.4. The van der Waals surface area contributed by atoms with Gasteiger partial charge >= 0.3 is 5.97 Å². The summed E-state index contributed by atoms with van der Waals surface area (Å²) in [5.74, 6) is -1.69. The van der Waals surface area contributed by atoms with E-state index in [2.05, 4.69) is 5.32 Å². The van der Waals surface area contributed by atoms with Gasteiger partial charge in [-0.15, -0.1) is 0 Å². The summed E-state index contributed by atoms with van der Waals surface area (Å²) in [6.45, 7) is 0.468. The van der Waals surface area contributed by atoms with Crippen LogP contribution in [0.15, 0.2) is 24.3 Å². The Morgan fingerprint density at radius 3 is 2.94 bits per heavy atom. The molecular formula is C13H15NO4. The van der Waals surface area contributed by atoms with Crippen LogP contribution < -0.4 is 10.1 Å². The molecule has 0 bridgehead atoms. The number of benzene rings is 1. The maximum Gasteiger partial charge on any atom is 0.316 e. The molecule has 1 aliphatic rings. The van der Waals surface area contributed by atoms with Gasteiger partial charge in [-0.1, -0.05) is 12.1 Å². The lowest BCUT2D eigenvalue weighted by Gasteiger charge is -2.27. The number of hydrogen-bond donors (Lipinski definition) is 2. The molecule has 0 radical (unpaired) electrons. The zero-order chi connectivity index (χ0) is 13.1. The first-order valence-corrected chi connectivity index (χ1v) is 5.76. The normalized spacial score (nSPS) is 23.3. The second-order valence-electron chi connectivity index (χ2n) is 4.35. The van der Waals surface area contributed by atoms with E-state index in [0.717, 1.165) is 11.3 Å². The van der Waals surface area contributed by atoms with Crippen LogP contribution in [0.3, 0.4) is 0 Å². The van der Waals surface area contributed by atoms with E-state index in [1.165, 1.54) is 0 Å². The van der Waals surface area contributed by atoms with E-state index in [1.807, 2.05) is 24.3 Å². The van der Waals surface area contributed by atoms with Gasteiger partial charge in [-0.25, -0.2) is 0 Å². The van der Waals surface area contributed by atoms with Gasteiger partial charge in [0.1, 0.15) is 11.7 Å². The Morgan fingerprint density at radius 2 is 2.28 bits per heavy atom. The number of carboxylic acid groups (broad SMARTS) is 1. The van der Waals surface area contributed by atoms with Gasteiger partial charge in [0.15, 0.2) is 0 Å². The molecule has 1 amide bonds. The lowest BCUT2D eigenvalue weighted by atomic mass is 9.85. The summed E-state index contributed by atoms with van der Waals surface area (Å²) in [5.41, 5.74) is 0.987. The molecule has 96 valence electrons. The number of carboxylic acids is 1. The molecule has 0 aliphatic carbocycles. The SMILES string of the molecule is COc1cccc([C@H]2CNC(=O)[C@H](C(=O)O)C2)c1. The fourth-order valence-electron chi connectivity index (χ4n) is 2.18. The lowest BCUT2D eigenvalue weighted by Crippen LogP contribution is -2.43. The highest BCUT2D eigenvalue weighted by atomic mass is 16.5. The number of aliphatic carboxylic acids is 1. The van der Waals surface area contributed by atoms with Crippen molar-refractivity contribution in [3.8, 4) is 5.75 Å². The summed E-state index contributed by atoms with van der Waals surface area (Å²) in [4.78, 5) is 22.4. The first-order valence-electron chi connectivity index (χ1n) is 5.76. The number of amides is 1. The Balaban J connectivity index is 2.18. The Morgan fingerprint density at radius 1 is 1.50 bits per heavy atom. The van der Waals surface area contributed by atoms with Crippen molar-refractivity contribution in [2.24, 2.45) is 5.92 Å². The number of hydrogen-bond acceptors (Lipinski definition) is 3. The Labute approximate surface area is 105 Å². The van der Waals surface area contributed by atoms with Crippen molar-refractivity contribution in [3.63, 3.8) is 0 Å². The van der Waals surface area contributed by atoms with Gasteiger partial charge < -0.3 is 15.2 Å². The van der Waals surface area contributed by atoms with Crippen molar-refractivity contribution in [1.82, 2.24) is 5.32 Å². The van der Waals surface area contributed by atoms with Gasteiger partial charge in [-0.2, -0.15) is 0 Å². The van der Waals surface area contributed by atoms with Crippen molar-refractivity contribution >= 4 is 11.9 Å². The van der Waals surface area contributed by atoms with Crippen LogP contribution in [0.5, 0.6) is 5.75 Å². The Kier molecular flexibility index (Phi) is 3.50. The number of nitrogens with one attached hydrogen (secondary N) is 1. The number of piperidine rings is 1. The summed E-state index contributed by atoms with van der Waals surface area (Å²) >= 11 is 0. The van der Waals surface area contributed by atoms with Gasteiger partial charge in [0.25, 0.3) is 0 Å². The molecule has 18 heavy (non-hydrogen) atoms. The van der Waals surface area contributed by atoms with Crippen molar-refractivity contribution < 1.29 is 19.4 Å². The first kappa shape index (κ1) is 12.4. The third kappa shape index (κ3) is 2.45. The molecule has 5 nitrogen and oxygen atoms in total. The summed E-state index contributed by atoms with van der Waals surface area (Å²) in [6, 6.07) is 7.49. The number of methoxy groups -OCH3 is 1. The molecule has 0 spiro atoms. The van der Waals surface area contributed by atoms with E-state index >= 15 is 0 Å². The van der Waals surface area contributed by atoms with E-state index < -0.39 is 17.8 Å². The van der Waals surface area contributed by atoms with Gasteiger partial charge in [-0.3, -0.25) is 9.59 Å². The highest BCUT2D eigenvalue weighted by Crippen LogP contribution is 2.29. The second-order valence-corrected chi connectivity index (χ2v) is 4.35. The minimum Gasteiger partial charge on any atom is -0.497 e. The largest absolute Gasteiger partial charge is 0.497 e. The molecule has 1 aromatic rings. The third-order valence-electron chi connectivity index (χ3n) is 3.22. The smallest absolute Gasteiger partial charge is 0.316 e. The Bertz CT molecular complexity index is 472. The number of rotatable bonds is 3. The summed E-state index contributed by atoms with van der Waals surface area (Å²) in [7, 11) is 1.59. The molecule has 1 aromatic carbocycles. The van der Waals surface area contributed by atoms with Gasteiger partial charge in [0.2, 0.25) is 5.91 Å². The monoisotopic (exact) mass is 249 g/mol. The van der Waals surface area contributed by atoms with E-state index in [-0.39, 0.29) is 5.92 Å². The molecule has 1 fully saturated rings. The lowest BCUT2D eigenvalue weighted by molar-refractivity contribution is -0.148. The average Bonchev–Trinajstić information content (AvgIpc) is 2.39. The summed E-state index contributed by atoms with van der Waals surface area (Å²) in [6.07, 6.45) is 0.328. The number of carbonyl (C=O) groups is 2. The van der Waals surface area contributed by atoms with Gasteiger partial charge in [0.05, 0.1) is 7.11 Å². The van der Waals surface area contributed by atoms with E-state index in [4.69, 9.17) is 9.84 Å². The predicted molar refractivity (Wildman–Crippen MR) is 64.5 cm³/mol. The van der Waals surface area contributed by atoms with Crippen LogP contribution in [-0.2, 0) is 9.59 Å². The summed E-state index contributed by atoms with van der Waals surface area (Å²) in [5, 5.41) is 11.6. The van der Waals surface area contributed by atoms with E-state index in [9.17, 15) is 9.59 Å². The van der Waals surface area contributed by atoms with Crippen molar-refractivity contribution in [3.05, 3.63) is 29.8 Å². The molecule has 5 heteroatoms. The number of carbonyl (C=O) groups excluding carboxylic acids is 1. The predicted octanol–water partition coefficient (Wildman–Crippen LogP) is 0.999. The fourth-order valence-corrected chi connectivity index (χ4v) is 2.18. The quantitative estimate of drug-likeness (QED) is 0.784. The second kappa shape index (κ2) is 5.08. The molecule has 0 unspecified atom stereocenters. The number of ether oxygens (including phenoxy) is 1. The molecule has 2 N–H and O–H groups in total. The standard InChI is InChI=1S/C13H15NO4/c1-18-10-4-2-3-8(5-10)9-6-11(13(16)17)12(15)14-7-9/h2-5,9,11H,6-7H2,1H3,(H,14,15)(H,16,17)/t9-,11-/m1/s1. The van der Waals surface area contributed by atoms with E-state index in [0.29, 0.717) is 13.0 Å². The molecule has 0 aromatic heterocycles. The summed E-state index contributed by atoms with van der Waals surface area (Å²) < 4.78 is 5.14. The molecule has 0 saturated carbocycles. The average molecular weight is 249 g/mol. The van der Waals surface area contributed by atoms with Crippen LogP contribution in [0.2, 0.25) is 0 Å². The molecule has 1 heterocycles. The first-order chi connectivity index (χ1) is 8.61. The van der Waals surface area contributed by atoms with Crippen LogP contribution in [0.25, 0.3) is 0 Å². The van der Waals surface area contributed by atoms with Crippen LogP contribution in [0, 0.1) is 5.92 Å². The van der Waals surface area contributed by atoms with E-state index in [1.54, 1.807) is 7.11 Å². The fraction of sp³-hybridized carbons (Fsp3) is 0.385. The van der Waals surface area contributed by atoms with Crippen LogP contribution >= 0.6 is 0 Å². The molecule has 1 aliphatic heterocycles. The van der Waals surface area contributed by atoms with Crippen molar-refractivity contribution in [2.45, 2.75) is 12.3 Å². The molecule has 2 atom stereocenters. The molecular weight excluding hydrogens is 234 g/mol. The maximum atomic E-state index is 11.4. The molecule has 2 rings (SSSR count). The van der Waals surface area contributed by atoms with Crippen molar-refractivity contribution in [2.75, 3.05) is 13.7 Å². The van der Waals surface area contributed by atoms with Gasteiger partial charge in [-0.05, 0) is 24.1 Å². The zero-order valence-corrected chi connectivity index (χ0v) is 10.1. The minimum atomic E-state index is -1.07. The van der Waals surface area contributed by atoms with Crippen LogP contribution in [0.1, 0.15) is 17.9 Å². The third-order valence-corrected chi connectivity index (χ3v) is 3.22. The Hall–Kier alpha value is -2.04. The van der Waals surface area contributed by atoms with Crippen LogP contribution in [-0.4, -0.2) is 30.6 Å². The molecule has 1 saturated heterocycles. The topological polar surface area (TPSA) is 75.6 Å². The minimum absolute atomic E-state index is 0.0129. The van der Waals surface area contributed by atoms with Crippen LogP contribution in [0.4, 0.5) is 0 Å². The zero-order valence-electron chi connectivity index (χ0n) is 10.1. The van der Waals surface area contributed by atoms with Crippen molar-refractivity contribution in [1.29, 1.82) is 0 Å². The highest BCUT2D eigenvalue weighted by Gasteiger charge is 2.34. The highest BCUT2D eigenvalue weighted by molar-refractivity contribution is 5.97. The van der Waals surface area contributed by atoms with Gasteiger partial charge in [0, 0.05) is 12.5 Å².